The van der Waals surface area contributed by atoms with Gasteiger partial charge in [0, 0.05) is 16.1 Å². The third-order valence-corrected chi connectivity index (χ3v) is 7.62. The summed E-state index contributed by atoms with van der Waals surface area (Å²) in [7, 11) is 0. The number of ether oxygens (including phenoxy) is 1. The molecule has 3 aliphatic rings. The highest BCUT2D eigenvalue weighted by atomic mass is 35.5. The Morgan fingerprint density at radius 2 is 1.46 bits per heavy atom. The van der Waals surface area contributed by atoms with E-state index in [1.165, 1.54) is 12.1 Å². The molecule has 0 radical (unpaired) electrons. The zero-order valence-corrected chi connectivity index (χ0v) is 19.8. The van der Waals surface area contributed by atoms with Crippen molar-refractivity contribution in [1.29, 1.82) is 0 Å². The number of halogens is 2. The summed E-state index contributed by atoms with van der Waals surface area (Å²) in [5.41, 5.74) is -0.163. The first kappa shape index (κ1) is 22.2. The molecule has 0 bridgehead atoms. The number of aryl methyl sites for hydroxylation is 1. The van der Waals surface area contributed by atoms with Crippen LogP contribution < -0.4 is 4.90 Å². The van der Waals surface area contributed by atoms with E-state index in [1.807, 2.05) is 6.92 Å². The summed E-state index contributed by atoms with van der Waals surface area (Å²) in [5.74, 6) is -4.90. The number of benzene rings is 3. The molecule has 0 N–H and O–H groups in total. The van der Waals surface area contributed by atoms with E-state index in [0.29, 0.717) is 10.6 Å². The van der Waals surface area contributed by atoms with Gasteiger partial charge in [0.15, 0.2) is 0 Å². The van der Waals surface area contributed by atoms with Gasteiger partial charge in [-0.25, -0.2) is 4.90 Å². The third-order valence-electron chi connectivity index (χ3n) is 7.06. The monoisotopic (exact) mass is 505 g/mol. The smallest absolute Gasteiger partial charge is 0.241 e. The van der Waals surface area contributed by atoms with Gasteiger partial charge in [0.1, 0.15) is 0 Å². The van der Waals surface area contributed by atoms with Crippen molar-refractivity contribution < 1.29 is 23.9 Å². The van der Waals surface area contributed by atoms with Gasteiger partial charge in [0.2, 0.25) is 29.0 Å². The van der Waals surface area contributed by atoms with Crippen molar-refractivity contribution in [2.45, 2.75) is 18.6 Å². The van der Waals surface area contributed by atoms with Crippen LogP contribution >= 0.6 is 23.2 Å². The van der Waals surface area contributed by atoms with Gasteiger partial charge in [-0.05, 0) is 42.3 Å². The lowest BCUT2D eigenvalue weighted by atomic mass is 9.77. The predicted molar refractivity (Wildman–Crippen MR) is 129 cm³/mol. The molecule has 35 heavy (non-hydrogen) atoms. The molecule has 3 atom stereocenters. The van der Waals surface area contributed by atoms with Crippen molar-refractivity contribution in [3.63, 3.8) is 0 Å². The fourth-order valence-corrected chi connectivity index (χ4v) is 5.95. The van der Waals surface area contributed by atoms with Gasteiger partial charge < -0.3 is 4.74 Å². The molecule has 6 rings (SSSR count). The van der Waals surface area contributed by atoms with Gasteiger partial charge >= 0.3 is 0 Å². The number of amides is 2. The summed E-state index contributed by atoms with van der Waals surface area (Å²) < 4.78 is 6.24. The highest BCUT2D eigenvalue weighted by Crippen LogP contribution is 2.58. The maximum Gasteiger partial charge on any atom is 0.241 e. The lowest BCUT2D eigenvalue weighted by Gasteiger charge is -2.27. The molecule has 174 valence electrons. The van der Waals surface area contributed by atoms with Crippen LogP contribution in [0.25, 0.3) is 0 Å². The maximum atomic E-state index is 13.9. The number of nitrogens with zero attached hydrogens (tertiary/aromatic N) is 1. The molecule has 3 aromatic carbocycles. The van der Waals surface area contributed by atoms with Gasteiger partial charge in [0.25, 0.3) is 0 Å². The fraction of sp³-hybridized carbons (Fsp3) is 0.185. The minimum atomic E-state index is -2.13. The number of rotatable bonds is 2. The van der Waals surface area contributed by atoms with E-state index in [1.54, 1.807) is 54.6 Å². The molecule has 1 spiro atoms. The molecular formula is C27H17Cl2NO5. The van der Waals surface area contributed by atoms with Gasteiger partial charge in [-0.1, -0.05) is 65.7 Å². The number of imide groups is 1. The van der Waals surface area contributed by atoms with Gasteiger partial charge in [-0.2, -0.15) is 0 Å². The molecule has 2 aliphatic heterocycles. The van der Waals surface area contributed by atoms with Crippen LogP contribution in [0.15, 0.2) is 66.7 Å². The second-order valence-electron chi connectivity index (χ2n) is 9.00. The quantitative estimate of drug-likeness (QED) is 0.361. The third kappa shape index (κ3) is 2.88. The molecule has 0 saturated carbocycles. The normalized spacial score (nSPS) is 24.4. The van der Waals surface area contributed by atoms with Gasteiger partial charge in [0.05, 0.1) is 28.6 Å². The fourth-order valence-electron chi connectivity index (χ4n) is 5.50. The largest absolute Gasteiger partial charge is 0.349 e. The topological polar surface area (TPSA) is 80.8 Å². The lowest BCUT2D eigenvalue weighted by molar-refractivity contribution is -0.127. The molecular weight excluding hydrogens is 489 g/mol. The number of carbonyl (C=O) groups excluding carboxylic acids is 4. The van der Waals surface area contributed by atoms with Crippen LogP contribution in [0.2, 0.25) is 10.0 Å². The van der Waals surface area contributed by atoms with E-state index in [9.17, 15) is 19.2 Å². The number of fused-ring (bicyclic) bond motifs is 3. The Morgan fingerprint density at radius 1 is 0.829 bits per heavy atom. The van der Waals surface area contributed by atoms with Crippen LogP contribution in [-0.2, 0) is 14.3 Å². The van der Waals surface area contributed by atoms with Crippen molar-refractivity contribution in [2.24, 2.45) is 11.8 Å². The Balaban J connectivity index is 1.55. The SMILES string of the molecule is Cc1ccc(N2C(=O)C3C(c4ccc(Cl)cc4)OC4(C(=O)c5ccccc5C4=O)C3C2=O)c(Cl)c1. The Kier molecular flexibility index (Phi) is 4.81. The molecule has 2 saturated heterocycles. The number of hydrogen-bond acceptors (Lipinski definition) is 5. The number of carbonyl (C=O) groups is 4. The number of anilines is 1. The first-order chi connectivity index (χ1) is 16.8. The van der Waals surface area contributed by atoms with Crippen LogP contribution in [0.3, 0.4) is 0 Å². The van der Waals surface area contributed by atoms with Crippen LogP contribution in [0.1, 0.15) is 37.9 Å². The lowest BCUT2D eigenvalue weighted by Crippen LogP contribution is -2.51. The maximum absolute atomic E-state index is 13.9. The van der Waals surface area contributed by atoms with Crippen LogP contribution in [0, 0.1) is 18.8 Å². The second kappa shape index (κ2) is 7.59. The zero-order valence-electron chi connectivity index (χ0n) is 18.3. The Hall–Kier alpha value is -3.32. The molecule has 3 aromatic rings. The van der Waals surface area contributed by atoms with Crippen molar-refractivity contribution in [2.75, 3.05) is 4.90 Å². The highest BCUT2D eigenvalue weighted by molar-refractivity contribution is 6.39. The summed E-state index contributed by atoms with van der Waals surface area (Å²) in [6.07, 6.45) is -1.01. The molecule has 6 nitrogen and oxygen atoms in total. The first-order valence-corrected chi connectivity index (χ1v) is 11.8. The summed E-state index contributed by atoms with van der Waals surface area (Å²) in [5, 5.41) is 0.692. The molecule has 2 amide bonds. The van der Waals surface area contributed by atoms with Crippen molar-refractivity contribution in [1.82, 2.24) is 0 Å². The molecule has 8 heteroatoms. The van der Waals surface area contributed by atoms with E-state index in [-0.39, 0.29) is 21.8 Å². The van der Waals surface area contributed by atoms with Crippen LogP contribution in [0.5, 0.6) is 0 Å². The summed E-state index contributed by atoms with van der Waals surface area (Å²) in [6.45, 7) is 1.84. The number of ketones is 2. The van der Waals surface area contributed by atoms with Crippen molar-refractivity contribution >= 4 is 52.3 Å². The average molecular weight is 506 g/mol. The standard InChI is InChI=1S/C27H17Cl2NO5/c1-13-6-11-19(18(29)12-13)30-25(33)20-21(26(30)34)27(35-22(20)14-7-9-15(28)10-8-14)23(31)16-4-2-3-5-17(16)24(27)32/h2-12,20-22H,1H3. The predicted octanol–water partition coefficient (Wildman–Crippen LogP) is 5.00. The Labute approximate surface area is 210 Å². The minimum Gasteiger partial charge on any atom is -0.349 e. The average Bonchev–Trinajstić information content (AvgIpc) is 3.40. The van der Waals surface area contributed by atoms with Crippen molar-refractivity contribution in [3.05, 3.63) is 99.0 Å². The van der Waals surface area contributed by atoms with Gasteiger partial charge in [-0.3, -0.25) is 19.2 Å². The zero-order chi connectivity index (χ0) is 24.6. The Morgan fingerprint density at radius 3 is 2.06 bits per heavy atom. The van der Waals surface area contributed by atoms with E-state index >= 15 is 0 Å². The van der Waals surface area contributed by atoms with E-state index in [0.717, 1.165) is 10.5 Å². The first-order valence-electron chi connectivity index (χ1n) is 11.0. The minimum absolute atomic E-state index is 0.181. The number of hydrogen-bond donors (Lipinski definition) is 0. The van der Waals surface area contributed by atoms with E-state index in [2.05, 4.69) is 0 Å². The summed E-state index contributed by atoms with van der Waals surface area (Å²) in [4.78, 5) is 56.2. The van der Waals surface area contributed by atoms with E-state index in [4.69, 9.17) is 27.9 Å². The van der Waals surface area contributed by atoms with Crippen LogP contribution in [-0.4, -0.2) is 29.0 Å². The molecule has 2 heterocycles. The van der Waals surface area contributed by atoms with Crippen LogP contribution in [0.4, 0.5) is 5.69 Å². The summed E-state index contributed by atoms with van der Waals surface area (Å²) >= 11 is 12.5. The molecule has 2 fully saturated rings. The molecule has 3 unspecified atom stereocenters. The molecule has 0 aromatic heterocycles. The van der Waals surface area contributed by atoms with E-state index < -0.39 is 46.9 Å². The highest BCUT2D eigenvalue weighted by Gasteiger charge is 2.74. The second-order valence-corrected chi connectivity index (χ2v) is 9.84. The molecule has 1 aliphatic carbocycles. The van der Waals surface area contributed by atoms with Crippen molar-refractivity contribution in [3.8, 4) is 0 Å². The number of Topliss-reactive ketones (excluding diaryl/α,β-unsaturated/α-hetero) is 2. The summed E-state index contributed by atoms with van der Waals surface area (Å²) in [6, 6.07) is 17.9. The van der Waals surface area contributed by atoms with Gasteiger partial charge in [-0.15, -0.1) is 0 Å². The Bertz CT molecular complexity index is 1430.